The molecule has 0 N–H and O–H groups in total. The van der Waals surface area contributed by atoms with Gasteiger partial charge in [-0.15, -0.1) is 0 Å². The zero-order valence-corrected chi connectivity index (χ0v) is 15.4. The molecule has 0 fully saturated rings. The van der Waals surface area contributed by atoms with Crippen molar-refractivity contribution in [1.29, 1.82) is 0 Å². The summed E-state index contributed by atoms with van der Waals surface area (Å²) in [7, 11) is 0. The van der Waals surface area contributed by atoms with Gasteiger partial charge in [-0.05, 0) is 53.9 Å². The van der Waals surface area contributed by atoms with Gasteiger partial charge in [-0.3, -0.25) is 9.36 Å². The second-order valence-corrected chi connectivity index (χ2v) is 6.68. The topological polar surface area (TPSA) is 44.0 Å². The fourth-order valence-electron chi connectivity index (χ4n) is 3.40. The van der Waals surface area contributed by atoms with E-state index in [0.29, 0.717) is 22.2 Å². The van der Waals surface area contributed by atoms with Gasteiger partial charge < -0.3 is 0 Å². The lowest BCUT2D eigenvalue weighted by molar-refractivity contribution is 0.622. The normalized spacial score (nSPS) is 11.1. The summed E-state index contributed by atoms with van der Waals surface area (Å²) in [6.45, 7) is 2.22. The maximum Gasteiger partial charge on any atom is 0.336 e. The van der Waals surface area contributed by atoms with Crippen LogP contribution < -0.4 is 11.2 Å². The summed E-state index contributed by atoms with van der Waals surface area (Å²) in [5, 5.41) is 0.443. The average Bonchev–Trinajstić information content (AvgIpc) is 2.72. The van der Waals surface area contributed by atoms with Gasteiger partial charge in [0.1, 0.15) is 5.82 Å². The van der Waals surface area contributed by atoms with E-state index in [1.807, 2.05) is 19.1 Å². The lowest BCUT2D eigenvalue weighted by Gasteiger charge is -2.14. The molecule has 4 rings (SSSR count). The van der Waals surface area contributed by atoms with Crippen LogP contribution >= 0.6 is 0 Å². The first kappa shape index (κ1) is 17.9. The van der Waals surface area contributed by atoms with Crippen LogP contribution in [0.3, 0.4) is 0 Å². The number of hydrogen-bond acceptors (Lipinski definition) is 2. The smallest absolute Gasteiger partial charge is 0.288 e. The minimum Gasteiger partial charge on any atom is -0.288 e. The first-order valence-electron chi connectivity index (χ1n) is 9.17. The molecule has 28 heavy (non-hydrogen) atoms. The third-order valence-electron chi connectivity index (χ3n) is 4.88. The molecule has 140 valence electrons. The molecule has 4 aromatic rings. The zero-order chi connectivity index (χ0) is 19.7. The number of para-hydroxylation sites is 1. The Morgan fingerprint density at radius 3 is 2.32 bits per heavy atom. The molecule has 0 radical (unpaired) electrons. The molecule has 1 aromatic heterocycles. The van der Waals surface area contributed by atoms with Crippen LogP contribution in [0.5, 0.6) is 0 Å². The Bertz CT molecular complexity index is 1270. The zero-order valence-electron chi connectivity index (χ0n) is 15.4. The summed E-state index contributed by atoms with van der Waals surface area (Å²) in [5.74, 6) is -0.363. The quantitative estimate of drug-likeness (QED) is 0.544. The van der Waals surface area contributed by atoms with Gasteiger partial charge in [0.15, 0.2) is 0 Å². The second kappa shape index (κ2) is 7.27. The predicted octanol–water partition coefficient (Wildman–Crippen LogP) is 3.90. The van der Waals surface area contributed by atoms with Gasteiger partial charge in [-0.2, -0.15) is 0 Å². The Balaban J connectivity index is 1.98. The van der Waals surface area contributed by atoms with Crippen LogP contribution in [0, 0.1) is 5.82 Å². The maximum atomic E-state index is 13.6. The van der Waals surface area contributed by atoms with Gasteiger partial charge in [0.25, 0.3) is 5.56 Å². The number of aromatic nitrogens is 2. The van der Waals surface area contributed by atoms with Crippen LogP contribution in [-0.2, 0) is 13.0 Å². The van der Waals surface area contributed by atoms with Crippen molar-refractivity contribution < 1.29 is 4.39 Å². The number of rotatable bonds is 4. The highest BCUT2D eigenvalue weighted by Crippen LogP contribution is 2.13. The lowest BCUT2D eigenvalue weighted by Crippen LogP contribution is -2.39. The Kier molecular flexibility index (Phi) is 4.65. The number of hydrogen-bond donors (Lipinski definition) is 0. The van der Waals surface area contributed by atoms with E-state index in [4.69, 9.17) is 0 Å². The van der Waals surface area contributed by atoms with Crippen molar-refractivity contribution in [2.45, 2.75) is 19.9 Å². The third kappa shape index (κ3) is 3.16. The molecule has 0 saturated carbocycles. The molecule has 0 spiro atoms. The van der Waals surface area contributed by atoms with E-state index >= 15 is 0 Å². The van der Waals surface area contributed by atoms with Crippen LogP contribution in [0.4, 0.5) is 4.39 Å². The Labute approximate surface area is 161 Å². The Morgan fingerprint density at radius 1 is 0.857 bits per heavy atom. The minimum atomic E-state index is -0.447. The van der Waals surface area contributed by atoms with Crippen molar-refractivity contribution in [1.82, 2.24) is 9.13 Å². The van der Waals surface area contributed by atoms with Gasteiger partial charge in [0, 0.05) is 0 Å². The molecule has 5 heteroatoms. The molecule has 0 unspecified atom stereocenters. The Morgan fingerprint density at radius 2 is 1.61 bits per heavy atom. The lowest BCUT2D eigenvalue weighted by atomic mass is 10.1. The highest BCUT2D eigenvalue weighted by atomic mass is 19.1. The molecule has 0 aliphatic rings. The van der Waals surface area contributed by atoms with Crippen molar-refractivity contribution in [2.75, 3.05) is 0 Å². The van der Waals surface area contributed by atoms with Crippen LogP contribution in [0.25, 0.3) is 16.6 Å². The summed E-state index contributed by atoms with van der Waals surface area (Å²) in [6, 6.07) is 20.5. The standard InChI is InChI=1S/C23H19FN2O2/c1-2-16-10-12-19(13-11-16)26-22(27)20-8-3-4-9-21(20)25(23(26)28)15-17-6-5-7-18(24)14-17/h3-14H,2,15H2,1H3. The average molecular weight is 374 g/mol. The van der Waals surface area contributed by atoms with Crippen LogP contribution in [0.1, 0.15) is 18.1 Å². The van der Waals surface area contributed by atoms with Gasteiger partial charge in [0.05, 0.1) is 23.1 Å². The van der Waals surface area contributed by atoms with Gasteiger partial charge in [-0.25, -0.2) is 13.8 Å². The summed E-state index contributed by atoms with van der Waals surface area (Å²) in [6.07, 6.45) is 0.872. The molecule has 0 saturated heterocycles. The number of halogens is 1. The van der Waals surface area contributed by atoms with Crippen molar-refractivity contribution in [2.24, 2.45) is 0 Å². The molecule has 0 bridgehead atoms. The minimum absolute atomic E-state index is 0.171. The van der Waals surface area contributed by atoms with Crippen molar-refractivity contribution >= 4 is 10.9 Å². The van der Waals surface area contributed by atoms with Crippen molar-refractivity contribution in [3.63, 3.8) is 0 Å². The van der Waals surface area contributed by atoms with E-state index in [1.54, 1.807) is 48.5 Å². The summed E-state index contributed by atoms with van der Waals surface area (Å²) < 4.78 is 16.3. The largest absolute Gasteiger partial charge is 0.336 e. The number of aryl methyl sites for hydroxylation is 1. The van der Waals surface area contributed by atoms with Crippen LogP contribution in [-0.4, -0.2) is 9.13 Å². The first-order chi connectivity index (χ1) is 13.6. The van der Waals surface area contributed by atoms with E-state index in [1.165, 1.54) is 21.3 Å². The molecule has 0 amide bonds. The van der Waals surface area contributed by atoms with Gasteiger partial charge >= 0.3 is 5.69 Å². The molecule has 0 aliphatic carbocycles. The molecule has 1 heterocycles. The monoisotopic (exact) mass is 374 g/mol. The predicted molar refractivity (Wildman–Crippen MR) is 109 cm³/mol. The molecule has 0 atom stereocenters. The molecule has 0 aliphatic heterocycles. The van der Waals surface area contributed by atoms with Gasteiger partial charge in [-0.1, -0.05) is 43.3 Å². The highest BCUT2D eigenvalue weighted by Gasteiger charge is 2.14. The SMILES string of the molecule is CCc1ccc(-n2c(=O)c3ccccc3n(Cc3cccc(F)c3)c2=O)cc1. The number of nitrogens with zero attached hydrogens (tertiary/aromatic N) is 2. The van der Waals surface area contributed by atoms with Crippen molar-refractivity contribution in [3.8, 4) is 5.69 Å². The fraction of sp³-hybridized carbons (Fsp3) is 0.130. The van der Waals surface area contributed by atoms with Gasteiger partial charge in [0.2, 0.25) is 0 Å². The summed E-state index contributed by atoms with van der Waals surface area (Å²) in [4.78, 5) is 26.3. The molecular weight excluding hydrogens is 355 g/mol. The van der Waals surface area contributed by atoms with E-state index in [9.17, 15) is 14.0 Å². The van der Waals surface area contributed by atoms with Crippen LogP contribution in [0.2, 0.25) is 0 Å². The Hall–Kier alpha value is -3.47. The molecule has 3 aromatic carbocycles. The van der Waals surface area contributed by atoms with Crippen molar-refractivity contribution in [3.05, 3.63) is 111 Å². The first-order valence-corrected chi connectivity index (χ1v) is 9.17. The second-order valence-electron chi connectivity index (χ2n) is 6.68. The third-order valence-corrected chi connectivity index (χ3v) is 4.88. The van der Waals surface area contributed by atoms with E-state index in [-0.39, 0.29) is 17.9 Å². The number of fused-ring (bicyclic) bond motifs is 1. The maximum absolute atomic E-state index is 13.6. The highest BCUT2D eigenvalue weighted by molar-refractivity contribution is 5.78. The fourth-order valence-corrected chi connectivity index (χ4v) is 3.40. The van der Waals surface area contributed by atoms with Crippen LogP contribution in [0.15, 0.2) is 82.4 Å². The summed E-state index contributed by atoms with van der Waals surface area (Å²) >= 11 is 0. The molecule has 4 nitrogen and oxygen atoms in total. The summed E-state index contributed by atoms with van der Waals surface area (Å²) in [5.41, 5.74) is 2.02. The van der Waals surface area contributed by atoms with E-state index < -0.39 is 5.69 Å². The van der Waals surface area contributed by atoms with E-state index in [0.717, 1.165) is 12.0 Å². The van der Waals surface area contributed by atoms with E-state index in [2.05, 4.69) is 0 Å². The molecular formula is C23H19FN2O2. The number of benzene rings is 3.